The summed E-state index contributed by atoms with van der Waals surface area (Å²) in [6, 6.07) is 22.6. The van der Waals surface area contributed by atoms with Gasteiger partial charge in [0.1, 0.15) is 0 Å². The van der Waals surface area contributed by atoms with Gasteiger partial charge < -0.3 is 25.0 Å². The molecule has 2 amide bonds. The number of nitrogens with one attached hydrogen (secondary N) is 2. The molecule has 2 heterocycles. The summed E-state index contributed by atoms with van der Waals surface area (Å²) < 4.78 is 11.1. The fourth-order valence-electron chi connectivity index (χ4n) is 3.94. The van der Waals surface area contributed by atoms with Crippen LogP contribution in [0.25, 0.3) is 12.2 Å². The van der Waals surface area contributed by atoms with Crippen LogP contribution in [0.3, 0.4) is 0 Å². The molecule has 7 nitrogen and oxygen atoms in total. The predicted octanol–water partition coefficient (Wildman–Crippen LogP) is 4.55. The minimum atomic E-state index is -0.302. The van der Waals surface area contributed by atoms with Gasteiger partial charge in [-0.25, -0.2) is 0 Å². The number of hydrogen-bond acceptors (Lipinski definition) is 5. The molecule has 0 aromatic heterocycles. The molecule has 176 valence electrons. The van der Waals surface area contributed by atoms with Crippen molar-refractivity contribution in [2.75, 3.05) is 41.8 Å². The number of ether oxygens (including phenoxy) is 2. The number of anilines is 3. The van der Waals surface area contributed by atoms with Crippen LogP contribution in [-0.4, -0.2) is 38.1 Å². The number of carbonyl (C=O) groups excluding carboxylic acids is 2. The average molecular weight is 468 g/mol. The number of benzene rings is 3. The van der Waals surface area contributed by atoms with Gasteiger partial charge in [0.2, 0.25) is 5.91 Å². The van der Waals surface area contributed by atoms with Crippen LogP contribution in [0.5, 0.6) is 5.75 Å². The molecule has 1 fully saturated rings. The Morgan fingerprint density at radius 1 is 0.943 bits per heavy atom. The van der Waals surface area contributed by atoms with Gasteiger partial charge in [-0.15, -0.1) is 0 Å². The lowest BCUT2D eigenvalue weighted by Crippen LogP contribution is -2.36. The summed E-state index contributed by atoms with van der Waals surface area (Å²) in [5, 5.41) is 5.71. The van der Waals surface area contributed by atoms with Crippen LogP contribution in [0.4, 0.5) is 17.1 Å². The van der Waals surface area contributed by atoms with Crippen molar-refractivity contribution >= 4 is 41.0 Å². The molecule has 0 saturated carbocycles. The summed E-state index contributed by atoms with van der Waals surface area (Å²) >= 11 is 0. The van der Waals surface area contributed by atoms with Gasteiger partial charge in [-0.3, -0.25) is 9.59 Å². The quantitative estimate of drug-likeness (QED) is 0.539. The fraction of sp³-hybridized carbons (Fsp3) is 0.143. The van der Waals surface area contributed by atoms with E-state index in [0.717, 1.165) is 48.8 Å². The number of rotatable bonds is 5. The minimum absolute atomic E-state index is 0.211. The summed E-state index contributed by atoms with van der Waals surface area (Å²) in [5.41, 5.74) is 4.11. The van der Waals surface area contributed by atoms with Gasteiger partial charge in [0.05, 0.1) is 18.9 Å². The van der Waals surface area contributed by atoms with E-state index in [0.29, 0.717) is 11.4 Å². The SMILES string of the molecule is O=C(/C=C/c1cccc(/C=C2\Oc3ccccc3NC2=O)c1)Nc1ccc(N2CCOCC2)cc1. The Balaban J connectivity index is 1.22. The third-order valence-corrected chi connectivity index (χ3v) is 5.73. The van der Waals surface area contributed by atoms with Gasteiger partial charge in [0, 0.05) is 30.5 Å². The predicted molar refractivity (Wildman–Crippen MR) is 137 cm³/mol. The molecule has 0 unspecified atom stereocenters. The van der Waals surface area contributed by atoms with Gasteiger partial charge in [-0.2, -0.15) is 0 Å². The summed E-state index contributed by atoms with van der Waals surface area (Å²) in [5.74, 6) is 0.287. The Kier molecular flexibility index (Phi) is 6.59. The van der Waals surface area contributed by atoms with E-state index in [1.807, 2.05) is 60.7 Å². The monoisotopic (exact) mass is 467 g/mol. The Bertz CT molecular complexity index is 1290. The third-order valence-electron chi connectivity index (χ3n) is 5.73. The average Bonchev–Trinajstić information content (AvgIpc) is 2.89. The first kappa shape index (κ1) is 22.4. The number of nitrogens with zero attached hydrogens (tertiary/aromatic N) is 1. The van der Waals surface area contributed by atoms with Crippen LogP contribution in [0, 0.1) is 0 Å². The molecule has 35 heavy (non-hydrogen) atoms. The molecule has 0 aliphatic carbocycles. The van der Waals surface area contributed by atoms with Crippen molar-refractivity contribution in [2.24, 2.45) is 0 Å². The van der Waals surface area contributed by atoms with Crippen LogP contribution in [0.15, 0.2) is 84.6 Å². The molecule has 1 saturated heterocycles. The lowest BCUT2D eigenvalue weighted by molar-refractivity contribution is -0.115. The summed E-state index contributed by atoms with van der Waals surface area (Å²) in [6.45, 7) is 3.20. The molecule has 2 N–H and O–H groups in total. The van der Waals surface area contributed by atoms with Gasteiger partial charge in [-0.1, -0.05) is 30.3 Å². The van der Waals surface area contributed by atoms with Crippen molar-refractivity contribution in [3.8, 4) is 5.75 Å². The first-order chi connectivity index (χ1) is 17.1. The van der Waals surface area contributed by atoms with E-state index >= 15 is 0 Å². The number of carbonyl (C=O) groups is 2. The van der Waals surface area contributed by atoms with Crippen LogP contribution in [0.1, 0.15) is 11.1 Å². The van der Waals surface area contributed by atoms with Crippen molar-refractivity contribution in [1.82, 2.24) is 0 Å². The van der Waals surface area contributed by atoms with Crippen LogP contribution in [0.2, 0.25) is 0 Å². The largest absolute Gasteiger partial charge is 0.449 e. The number of morpholine rings is 1. The molecule has 2 aliphatic rings. The molecular formula is C28H25N3O4. The normalized spacial score (nSPS) is 16.5. The second-order valence-corrected chi connectivity index (χ2v) is 8.20. The number of amides is 2. The van der Waals surface area contributed by atoms with E-state index in [1.54, 1.807) is 24.3 Å². The van der Waals surface area contributed by atoms with E-state index in [1.165, 1.54) is 6.08 Å². The molecule has 7 heteroatoms. The first-order valence-electron chi connectivity index (χ1n) is 11.5. The van der Waals surface area contributed by atoms with E-state index in [2.05, 4.69) is 15.5 Å². The molecule has 0 spiro atoms. The molecule has 3 aromatic rings. The Labute approximate surface area is 203 Å². The number of fused-ring (bicyclic) bond motifs is 1. The molecule has 2 aliphatic heterocycles. The fourth-order valence-corrected chi connectivity index (χ4v) is 3.94. The van der Waals surface area contributed by atoms with Crippen LogP contribution in [-0.2, 0) is 14.3 Å². The van der Waals surface area contributed by atoms with Crippen LogP contribution >= 0.6 is 0 Å². The summed E-state index contributed by atoms with van der Waals surface area (Å²) in [4.78, 5) is 27.1. The maximum absolute atomic E-state index is 12.4. The Morgan fingerprint density at radius 2 is 1.71 bits per heavy atom. The van der Waals surface area contributed by atoms with Crippen molar-refractivity contribution in [3.05, 3.63) is 95.8 Å². The Morgan fingerprint density at radius 3 is 2.54 bits per heavy atom. The highest BCUT2D eigenvalue weighted by atomic mass is 16.5. The maximum Gasteiger partial charge on any atom is 0.291 e. The number of hydrogen-bond donors (Lipinski definition) is 2. The second kappa shape index (κ2) is 10.3. The molecule has 5 rings (SSSR count). The lowest BCUT2D eigenvalue weighted by Gasteiger charge is -2.28. The van der Waals surface area contributed by atoms with E-state index < -0.39 is 0 Å². The zero-order chi connectivity index (χ0) is 24.0. The van der Waals surface area contributed by atoms with Crippen molar-refractivity contribution < 1.29 is 19.1 Å². The van der Waals surface area contributed by atoms with Crippen LogP contribution < -0.4 is 20.3 Å². The van der Waals surface area contributed by atoms with Crippen molar-refractivity contribution in [1.29, 1.82) is 0 Å². The van der Waals surface area contributed by atoms with Gasteiger partial charge >= 0.3 is 0 Å². The molecule has 0 bridgehead atoms. The van der Waals surface area contributed by atoms with Crippen molar-refractivity contribution in [2.45, 2.75) is 0 Å². The van der Waals surface area contributed by atoms with Gasteiger partial charge in [0.25, 0.3) is 5.91 Å². The molecule has 3 aromatic carbocycles. The Hall–Kier alpha value is -4.36. The van der Waals surface area contributed by atoms with Gasteiger partial charge in [0.15, 0.2) is 11.5 Å². The third kappa shape index (κ3) is 5.59. The number of para-hydroxylation sites is 2. The van der Waals surface area contributed by atoms with Gasteiger partial charge in [-0.05, 0) is 65.7 Å². The minimum Gasteiger partial charge on any atom is -0.449 e. The summed E-state index contributed by atoms with van der Waals surface area (Å²) in [6.07, 6.45) is 4.90. The topological polar surface area (TPSA) is 79.9 Å². The van der Waals surface area contributed by atoms with Crippen molar-refractivity contribution in [3.63, 3.8) is 0 Å². The summed E-state index contributed by atoms with van der Waals surface area (Å²) in [7, 11) is 0. The zero-order valence-electron chi connectivity index (χ0n) is 19.1. The molecule has 0 radical (unpaired) electrons. The highest BCUT2D eigenvalue weighted by molar-refractivity contribution is 6.08. The molecule has 0 atom stereocenters. The lowest BCUT2D eigenvalue weighted by atomic mass is 10.1. The molecular weight excluding hydrogens is 442 g/mol. The highest BCUT2D eigenvalue weighted by Crippen LogP contribution is 2.30. The zero-order valence-corrected chi connectivity index (χ0v) is 19.1. The van der Waals surface area contributed by atoms with E-state index in [9.17, 15) is 9.59 Å². The standard InChI is InChI=1S/C28H25N3O4/c32-27(29-22-9-11-23(12-10-22)31-14-16-34-17-15-31)13-8-20-4-3-5-21(18-20)19-26-28(33)30-24-6-1-2-7-25(24)35-26/h1-13,18-19H,14-17H2,(H,29,32)(H,30,33)/b13-8+,26-19-. The highest BCUT2D eigenvalue weighted by Gasteiger charge is 2.21. The van der Waals surface area contributed by atoms with E-state index in [-0.39, 0.29) is 17.6 Å². The first-order valence-corrected chi connectivity index (χ1v) is 11.5. The van der Waals surface area contributed by atoms with E-state index in [4.69, 9.17) is 9.47 Å². The smallest absolute Gasteiger partial charge is 0.291 e. The maximum atomic E-state index is 12.4. The second-order valence-electron chi connectivity index (χ2n) is 8.20.